The first-order valence-corrected chi connectivity index (χ1v) is 9.25. The summed E-state index contributed by atoms with van der Waals surface area (Å²) in [6.07, 6.45) is 4.51. The molecule has 0 bridgehead atoms. The van der Waals surface area contributed by atoms with Gasteiger partial charge in [-0.1, -0.05) is 26.8 Å². The number of fused-ring (bicyclic) bond motifs is 1. The summed E-state index contributed by atoms with van der Waals surface area (Å²) in [6.45, 7) is 11.7. The third-order valence-electron chi connectivity index (χ3n) is 6.82. The summed E-state index contributed by atoms with van der Waals surface area (Å²) < 4.78 is 5.69. The van der Waals surface area contributed by atoms with Crippen LogP contribution in [-0.4, -0.2) is 33.5 Å². The molecular weight excluding hydrogens is 304 g/mol. The number of rotatable bonds is 3. The third kappa shape index (κ3) is 3.15. The quantitative estimate of drug-likeness (QED) is 0.609. The van der Waals surface area contributed by atoms with Gasteiger partial charge in [0.25, 0.3) is 0 Å². The van der Waals surface area contributed by atoms with Crippen molar-refractivity contribution in [1.82, 2.24) is 0 Å². The van der Waals surface area contributed by atoms with Crippen LogP contribution in [0.1, 0.15) is 73.6 Å². The van der Waals surface area contributed by atoms with Crippen molar-refractivity contribution >= 4 is 5.97 Å². The summed E-state index contributed by atoms with van der Waals surface area (Å²) in [5, 5.41) is 22.5. The number of hydrogen-bond acceptors (Lipinski definition) is 4. The highest BCUT2D eigenvalue weighted by Crippen LogP contribution is 2.59. The van der Waals surface area contributed by atoms with Gasteiger partial charge in [0.05, 0.1) is 11.2 Å². The number of esters is 1. The van der Waals surface area contributed by atoms with E-state index in [1.54, 1.807) is 26.8 Å². The van der Waals surface area contributed by atoms with E-state index in [-0.39, 0.29) is 17.3 Å². The maximum absolute atomic E-state index is 12.2. The van der Waals surface area contributed by atoms with Gasteiger partial charge in [-0.3, -0.25) is 0 Å². The van der Waals surface area contributed by atoms with E-state index in [4.69, 9.17) is 4.74 Å². The van der Waals surface area contributed by atoms with Gasteiger partial charge in [-0.25, -0.2) is 4.79 Å². The highest BCUT2D eigenvalue weighted by molar-refractivity contribution is 5.87. The predicted octanol–water partition coefficient (Wildman–Crippen LogP) is 3.60. The molecular formula is C20H34O4. The lowest BCUT2D eigenvalue weighted by Crippen LogP contribution is -2.48. The Morgan fingerprint density at radius 1 is 1.21 bits per heavy atom. The number of allylic oxidation sites excluding steroid dienone is 1. The van der Waals surface area contributed by atoms with Crippen LogP contribution in [0.15, 0.2) is 11.6 Å². The molecule has 4 heteroatoms. The molecule has 138 valence electrons. The molecule has 0 unspecified atom stereocenters. The lowest BCUT2D eigenvalue weighted by molar-refractivity contribution is -0.163. The van der Waals surface area contributed by atoms with Crippen molar-refractivity contribution in [2.24, 2.45) is 17.3 Å². The largest absolute Gasteiger partial charge is 0.456 e. The highest BCUT2D eigenvalue weighted by Gasteiger charge is 2.61. The molecule has 5 atom stereocenters. The van der Waals surface area contributed by atoms with Gasteiger partial charge in [0, 0.05) is 11.0 Å². The molecule has 0 aliphatic heterocycles. The van der Waals surface area contributed by atoms with E-state index in [2.05, 4.69) is 20.8 Å². The number of ether oxygens (including phenoxy) is 1. The Labute approximate surface area is 146 Å². The molecule has 2 fully saturated rings. The van der Waals surface area contributed by atoms with Crippen LogP contribution in [0.2, 0.25) is 0 Å². The van der Waals surface area contributed by atoms with Crippen molar-refractivity contribution < 1.29 is 19.7 Å². The molecule has 2 saturated carbocycles. The normalized spacial score (nSPS) is 43.5. The fraction of sp³-hybridized carbons (Fsp3) is 0.850. The summed E-state index contributed by atoms with van der Waals surface area (Å²) >= 11 is 0. The summed E-state index contributed by atoms with van der Waals surface area (Å²) in [6, 6.07) is 0. The SMILES string of the molecule is C/C=C(/C)C(=O)O[C@@H]1C[C@@]2(C)CC[C@H](C(C)C)[C@]2(O)CC[C@@]1(C)O. The molecule has 0 aromatic rings. The molecule has 0 heterocycles. The van der Waals surface area contributed by atoms with E-state index >= 15 is 0 Å². The molecule has 0 amide bonds. The van der Waals surface area contributed by atoms with Crippen LogP contribution in [0.25, 0.3) is 0 Å². The van der Waals surface area contributed by atoms with E-state index < -0.39 is 17.3 Å². The fourth-order valence-electron chi connectivity index (χ4n) is 4.77. The summed E-state index contributed by atoms with van der Waals surface area (Å²) in [5.74, 6) is 0.242. The monoisotopic (exact) mass is 338 g/mol. The summed E-state index contributed by atoms with van der Waals surface area (Å²) in [4.78, 5) is 12.2. The first kappa shape index (κ1) is 19.5. The number of carbonyl (C=O) groups is 1. The summed E-state index contributed by atoms with van der Waals surface area (Å²) in [5.41, 5.74) is -1.71. The van der Waals surface area contributed by atoms with Crippen LogP contribution in [0.4, 0.5) is 0 Å². The van der Waals surface area contributed by atoms with Crippen molar-refractivity contribution in [3.05, 3.63) is 11.6 Å². The van der Waals surface area contributed by atoms with E-state index in [1.165, 1.54) is 0 Å². The first-order chi connectivity index (χ1) is 11.0. The maximum atomic E-state index is 12.2. The Morgan fingerprint density at radius 2 is 1.83 bits per heavy atom. The van der Waals surface area contributed by atoms with E-state index in [0.717, 1.165) is 12.8 Å². The average molecular weight is 338 g/mol. The molecule has 0 spiro atoms. The molecule has 2 aliphatic carbocycles. The lowest BCUT2D eigenvalue weighted by atomic mass is 9.67. The summed E-state index contributed by atoms with van der Waals surface area (Å²) in [7, 11) is 0. The predicted molar refractivity (Wildman–Crippen MR) is 94.4 cm³/mol. The van der Waals surface area contributed by atoms with Gasteiger partial charge in [0.15, 0.2) is 0 Å². The van der Waals surface area contributed by atoms with E-state index in [0.29, 0.717) is 30.8 Å². The second kappa shape index (κ2) is 6.45. The van der Waals surface area contributed by atoms with Gasteiger partial charge < -0.3 is 14.9 Å². The van der Waals surface area contributed by atoms with Gasteiger partial charge in [-0.2, -0.15) is 0 Å². The molecule has 2 N–H and O–H groups in total. The van der Waals surface area contributed by atoms with Crippen LogP contribution in [-0.2, 0) is 9.53 Å². The van der Waals surface area contributed by atoms with Crippen LogP contribution in [0.5, 0.6) is 0 Å². The molecule has 0 saturated heterocycles. The molecule has 0 aromatic heterocycles. The standard InChI is InChI=1S/C20H34O4/c1-7-14(4)17(21)24-16-12-18(5)9-8-15(13(2)3)20(18,23)11-10-19(16,6)22/h7,13,15-16,22-23H,8-12H2,1-6H3/b14-7-/t15-,16-,18-,19-,20-/m1/s1. The average Bonchev–Trinajstić information content (AvgIpc) is 2.72. The Hall–Kier alpha value is -0.870. The number of hydrogen-bond donors (Lipinski definition) is 2. The van der Waals surface area contributed by atoms with Gasteiger partial charge in [-0.05, 0) is 64.7 Å². The molecule has 2 aliphatic rings. The van der Waals surface area contributed by atoms with Crippen molar-refractivity contribution in [2.45, 2.75) is 91.0 Å². The molecule has 2 rings (SSSR count). The Bertz CT molecular complexity index is 522. The smallest absolute Gasteiger partial charge is 0.333 e. The van der Waals surface area contributed by atoms with Crippen LogP contribution in [0.3, 0.4) is 0 Å². The molecule has 0 radical (unpaired) electrons. The second-order valence-corrected chi connectivity index (χ2v) is 8.80. The Kier molecular flexibility index (Phi) is 5.23. The van der Waals surface area contributed by atoms with Crippen molar-refractivity contribution in [1.29, 1.82) is 0 Å². The minimum Gasteiger partial charge on any atom is -0.456 e. The van der Waals surface area contributed by atoms with Gasteiger partial charge in [0.2, 0.25) is 0 Å². The van der Waals surface area contributed by atoms with Crippen LogP contribution >= 0.6 is 0 Å². The first-order valence-electron chi connectivity index (χ1n) is 9.25. The number of carbonyl (C=O) groups excluding carboxylic acids is 1. The topological polar surface area (TPSA) is 66.8 Å². The van der Waals surface area contributed by atoms with Crippen LogP contribution in [0, 0.1) is 17.3 Å². The molecule has 4 nitrogen and oxygen atoms in total. The second-order valence-electron chi connectivity index (χ2n) is 8.80. The molecule has 24 heavy (non-hydrogen) atoms. The van der Waals surface area contributed by atoms with Crippen molar-refractivity contribution in [3.63, 3.8) is 0 Å². The molecule has 0 aromatic carbocycles. The highest BCUT2D eigenvalue weighted by atomic mass is 16.6. The third-order valence-corrected chi connectivity index (χ3v) is 6.82. The van der Waals surface area contributed by atoms with Crippen LogP contribution < -0.4 is 0 Å². The van der Waals surface area contributed by atoms with Gasteiger partial charge in [0.1, 0.15) is 6.10 Å². The zero-order chi connectivity index (χ0) is 18.3. The Morgan fingerprint density at radius 3 is 2.38 bits per heavy atom. The zero-order valence-electron chi connectivity index (χ0n) is 16.1. The van der Waals surface area contributed by atoms with E-state index in [1.807, 2.05) is 0 Å². The maximum Gasteiger partial charge on any atom is 0.333 e. The minimum atomic E-state index is -1.12. The fourth-order valence-corrected chi connectivity index (χ4v) is 4.77. The van der Waals surface area contributed by atoms with Gasteiger partial charge >= 0.3 is 5.97 Å². The van der Waals surface area contributed by atoms with Crippen molar-refractivity contribution in [3.8, 4) is 0 Å². The Balaban J connectivity index is 2.32. The van der Waals surface area contributed by atoms with E-state index in [9.17, 15) is 15.0 Å². The van der Waals surface area contributed by atoms with Crippen molar-refractivity contribution in [2.75, 3.05) is 0 Å². The van der Waals surface area contributed by atoms with Gasteiger partial charge in [-0.15, -0.1) is 0 Å². The minimum absolute atomic E-state index is 0.227. The number of aliphatic hydroxyl groups is 2. The zero-order valence-corrected chi connectivity index (χ0v) is 16.1. The lowest BCUT2D eigenvalue weighted by Gasteiger charge is -2.43.